The lowest BCUT2D eigenvalue weighted by Crippen LogP contribution is -2.07. The van der Waals surface area contributed by atoms with Crippen molar-refractivity contribution in [3.63, 3.8) is 0 Å². The van der Waals surface area contributed by atoms with Crippen LogP contribution in [0.1, 0.15) is 11.5 Å². The fourth-order valence-electron chi connectivity index (χ4n) is 1.36. The van der Waals surface area contributed by atoms with E-state index in [1.807, 2.05) is 30.8 Å². The fraction of sp³-hybridized carbons (Fsp3) is 0.300. The first kappa shape index (κ1) is 10.9. The average Bonchev–Trinajstić information content (AvgIpc) is 2.59. The molecule has 0 bridgehead atoms. The Morgan fingerprint density at radius 3 is 2.88 bits per heavy atom. The zero-order chi connectivity index (χ0) is 11.5. The number of hydrogen-bond donors (Lipinski definition) is 1. The number of anilines is 1. The third-order valence-electron chi connectivity index (χ3n) is 2.18. The van der Waals surface area contributed by atoms with Crippen molar-refractivity contribution in [2.24, 2.45) is 7.05 Å². The highest BCUT2D eigenvalue weighted by molar-refractivity contribution is 6.28. The molecule has 0 amide bonds. The maximum absolute atomic E-state index is 5.76. The van der Waals surface area contributed by atoms with Gasteiger partial charge in [-0.15, -0.1) is 0 Å². The minimum Gasteiger partial charge on any atom is -0.363 e. The summed E-state index contributed by atoms with van der Waals surface area (Å²) in [5, 5.41) is 3.40. The largest absolute Gasteiger partial charge is 0.363 e. The molecule has 2 aromatic heterocycles. The molecule has 0 aliphatic heterocycles. The molecule has 0 atom stereocenters. The highest BCUT2D eigenvalue weighted by atomic mass is 35.5. The number of rotatable bonds is 3. The van der Waals surface area contributed by atoms with Crippen LogP contribution in [0, 0.1) is 6.92 Å². The maximum Gasteiger partial charge on any atom is 0.224 e. The van der Waals surface area contributed by atoms with Crippen LogP contribution in [0.15, 0.2) is 18.5 Å². The van der Waals surface area contributed by atoms with Crippen LogP contribution in [0.3, 0.4) is 0 Å². The van der Waals surface area contributed by atoms with Gasteiger partial charge < -0.3 is 9.88 Å². The molecule has 2 rings (SSSR count). The molecule has 2 heterocycles. The zero-order valence-corrected chi connectivity index (χ0v) is 9.86. The monoisotopic (exact) mass is 237 g/mol. The van der Waals surface area contributed by atoms with Crippen molar-refractivity contribution in [2.75, 3.05) is 5.32 Å². The summed E-state index contributed by atoms with van der Waals surface area (Å²) in [5.41, 5.74) is 0.836. The molecule has 0 aromatic carbocycles. The van der Waals surface area contributed by atoms with E-state index in [1.165, 1.54) is 0 Å². The maximum atomic E-state index is 5.76. The summed E-state index contributed by atoms with van der Waals surface area (Å²) in [6, 6.07) is 1.84. The number of imidazole rings is 1. The van der Waals surface area contributed by atoms with Gasteiger partial charge in [0.2, 0.25) is 5.28 Å². The first-order valence-corrected chi connectivity index (χ1v) is 5.24. The average molecular weight is 238 g/mol. The Kier molecular flexibility index (Phi) is 3.05. The lowest BCUT2D eigenvalue weighted by atomic mass is 10.4. The Hall–Kier alpha value is -1.62. The Balaban J connectivity index is 2.07. The SMILES string of the molecule is Cc1cc(NCc2nccn2C)nc(Cl)n1. The number of aryl methyl sites for hydroxylation is 2. The number of nitrogens with one attached hydrogen (secondary N) is 1. The van der Waals surface area contributed by atoms with Gasteiger partial charge in [0.25, 0.3) is 0 Å². The highest BCUT2D eigenvalue weighted by Gasteiger charge is 2.02. The molecule has 0 saturated carbocycles. The standard InChI is InChI=1S/C10H12ClN5/c1-7-5-8(15-10(11)14-7)13-6-9-12-3-4-16(9)2/h3-5H,6H2,1-2H3,(H,13,14,15). The van der Waals surface area contributed by atoms with Crippen LogP contribution < -0.4 is 5.32 Å². The van der Waals surface area contributed by atoms with Gasteiger partial charge in [-0.3, -0.25) is 0 Å². The summed E-state index contributed by atoms with van der Waals surface area (Å²) >= 11 is 5.76. The van der Waals surface area contributed by atoms with Crippen LogP contribution in [0.25, 0.3) is 0 Å². The quantitative estimate of drug-likeness (QED) is 0.827. The van der Waals surface area contributed by atoms with Crippen molar-refractivity contribution >= 4 is 17.4 Å². The van der Waals surface area contributed by atoms with Crippen LogP contribution >= 0.6 is 11.6 Å². The van der Waals surface area contributed by atoms with E-state index in [1.54, 1.807) is 6.20 Å². The van der Waals surface area contributed by atoms with E-state index in [-0.39, 0.29) is 5.28 Å². The predicted octanol–water partition coefficient (Wildman–Crippen LogP) is 1.78. The van der Waals surface area contributed by atoms with Crippen molar-refractivity contribution in [1.82, 2.24) is 19.5 Å². The smallest absolute Gasteiger partial charge is 0.224 e. The van der Waals surface area contributed by atoms with Crippen molar-refractivity contribution in [3.8, 4) is 0 Å². The van der Waals surface area contributed by atoms with E-state index in [0.717, 1.165) is 11.5 Å². The van der Waals surface area contributed by atoms with Crippen LogP contribution in [0.4, 0.5) is 5.82 Å². The fourth-order valence-corrected chi connectivity index (χ4v) is 1.58. The molecule has 84 valence electrons. The van der Waals surface area contributed by atoms with Gasteiger partial charge in [0, 0.05) is 31.2 Å². The highest BCUT2D eigenvalue weighted by Crippen LogP contribution is 2.10. The van der Waals surface area contributed by atoms with Gasteiger partial charge in [0.1, 0.15) is 11.6 Å². The molecule has 2 aromatic rings. The van der Waals surface area contributed by atoms with Gasteiger partial charge >= 0.3 is 0 Å². The second kappa shape index (κ2) is 4.49. The number of halogens is 1. The Labute approximate surface area is 98.5 Å². The summed E-state index contributed by atoms with van der Waals surface area (Å²) in [7, 11) is 1.95. The minimum absolute atomic E-state index is 0.252. The Morgan fingerprint density at radius 1 is 1.44 bits per heavy atom. The van der Waals surface area contributed by atoms with E-state index < -0.39 is 0 Å². The molecule has 0 aliphatic rings. The Bertz CT molecular complexity index is 473. The van der Waals surface area contributed by atoms with Gasteiger partial charge in [0.05, 0.1) is 6.54 Å². The van der Waals surface area contributed by atoms with Crippen LogP contribution in [0.2, 0.25) is 5.28 Å². The third-order valence-corrected chi connectivity index (χ3v) is 2.34. The van der Waals surface area contributed by atoms with Crippen LogP contribution in [0.5, 0.6) is 0 Å². The lowest BCUT2D eigenvalue weighted by Gasteiger charge is -2.06. The molecule has 0 spiro atoms. The normalized spacial score (nSPS) is 10.4. The van der Waals surface area contributed by atoms with Gasteiger partial charge in [-0.2, -0.15) is 0 Å². The molecule has 6 heteroatoms. The van der Waals surface area contributed by atoms with Crippen molar-refractivity contribution in [2.45, 2.75) is 13.5 Å². The Morgan fingerprint density at radius 2 is 2.25 bits per heavy atom. The number of hydrogen-bond acceptors (Lipinski definition) is 4. The molecule has 16 heavy (non-hydrogen) atoms. The van der Waals surface area contributed by atoms with Crippen LogP contribution in [-0.2, 0) is 13.6 Å². The summed E-state index contributed by atoms with van der Waals surface area (Å²) in [4.78, 5) is 12.3. The van der Waals surface area contributed by atoms with E-state index in [4.69, 9.17) is 11.6 Å². The van der Waals surface area contributed by atoms with Gasteiger partial charge in [-0.05, 0) is 18.5 Å². The summed E-state index contributed by atoms with van der Waals surface area (Å²) in [5.74, 6) is 1.65. The number of nitrogens with zero attached hydrogens (tertiary/aromatic N) is 4. The molecule has 0 saturated heterocycles. The first-order valence-electron chi connectivity index (χ1n) is 4.86. The van der Waals surface area contributed by atoms with E-state index >= 15 is 0 Å². The molecule has 1 N–H and O–H groups in total. The molecule has 0 aliphatic carbocycles. The van der Waals surface area contributed by atoms with Gasteiger partial charge in [-0.25, -0.2) is 15.0 Å². The molecular formula is C10H12ClN5. The molecule has 0 fully saturated rings. The minimum atomic E-state index is 0.252. The van der Waals surface area contributed by atoms with Crippen LogP contribution in [-0.4, -0.2) is 19.5 Å². The topological polar surface area (TPSA) is 55.6 Å². The van der Waals surface area contributed by atoms with Crippen molar-refractivity contribution in [3.05, 3.63) is 35.3 Å². The lowest BCUT2D eigenvalue weighted by molar-refractivity contribution is 0.810. The molecule has 0 unspecified atom stereocenters. The second-order valence-electron chi connectivity index (χ2n) is 3.47. The van der Waals surface area contributed by atoms with E-state index in [2.05, 4.69) is 20.3 Å². The van der Waals surface area contributed by atoms with E-state index in [9.17, 15) is 0 Å². The number of aromatic nitrogens is 4. The van der Waals surface area contributed by atoms with Crippen molar-refractivity contribution in [1.29, 1.82) is 0 Å². The summed E-state index contributed by atoms with van der Waals surface area (Å²) in [6.45, 7) is 2.48. The van der Waals surface area contributed by atoms with Gasteiger partial charge in [-0.1, -0.05) is 0 Å². The molecular weight excluding hydrogens is 226 g/mol. The summed E-state index contributed by atoms with van der Waals surface area (Å²) < 4.78 is 1.95. The third kappa shape index (κ3) is 2.49. The van der Waals surface area contributed by atoms with E-state index in [0.29, 0.717) is 12.4 Å². The van der Waals surface area contributed by atoms with Gasteiger partial charge in [0.15, 0.2) is 0 Å². The molecule has 5 nitrogen and oxygen atoms in total. The van der Waals surface area contributed by atoms with Crippen molar-refractivity contribution < 1.29 is 0 Å². The molecule has 0 radical (unpaired) electrons. The predicted molar refractivity (Wildman–Crippen MR) is 62.3 cm³/mol. The second-order valence-corrected chi connectivity index (χ2v) is 3.81. The zero-order valence-electron chi connectivity index (χ0n) is 9.11. The first-order chi connectivity index (χ1) is 7.65. The summed E-state index contributed by atoms with van der Waals surface area (Å²) in [6.07, 6.45) is 3.66.